The Bertz CT molecular complexity index is 1900. The van der Waals surface area contributed by atoms with Crippen LogP contribution in [0.2, 0.25) is 0 Å². The van der Waals surface area contributed by atoms with Crippen molar-refractivity contribution in [3.8, 4) is 0 Å². The molecule has 10 bridgehead atoms. The van der Waals surface area contributed by atoms with Crippen LogP contribution in [0.3, 0.4) is 0 Å². The van der Waals surface area contributed by atoms with Gasteiger partial charge in [-0.15, -0.1) is 0 Å². The topological polar surface area (TPSA) is 158 Å². The van der Waals surface area contributed by atoms with Crippen molar-refractivity contribution in [2.45, 2.75) is 292 Å². The van der Waals surface area contributed by atoms with Crippen molar-refractivity contribution in [3.05, 3.63) is 0 Å². The van der Waals surface area contributed by atoms with Crippen molar-refractivity contribution in [2.75, 3.05) is 13.2 Å². The SMILES string of the molecule is C.C.C.C.C.C.CCC(C)(C)C(=O)OCC(=O)OC1(C)C2CC3CC(C2)CC1C3.CCC(C)(C)C(=O)OCC(=O)OC1(CC)C2CC3CC(C2)CC1C3.CCC1(OC(=O)C2CC3CC(OC(=O)C(C)(C)CC)C2C3)CCCC1. The van der Waals surface area contributed by atoms with E-state index in [4.69, 9.17) is 28.4 Å². The lowest BCUT2D eigenvalue weighted by atomic mass is 9.49. The molecule has 11 aliphatic carbocycles. The molecule has 0 aromatic carbocycles. The largest absolute Gasteiger partial charge is 0.462 e. The molecule has 78 heavy (non-hydrogen) atoms. The van der Waals surface area contributed by atoms with E-state index in [0.717, 1.165) is 87.9 Å². The Labute approximate surface area is 477 Å². The first-order valence-corrected chi connectivity index (χ1v) is 29.1. The maximum Gasteiger partial charge on any atom is 0.344 e. The zero-order valence-corrected chi connectivity index (χ0v) is 46.8. The summed E-state index contributed by atoms with van der Waals surface area (Å²) in [5.74, 6) is 4.37. The standard InChI is InChI=1S/C21H34O4.C20H32O4.C19H30O4.6CH4/c1-5-20(3,4)19(23)24-17-13-14-11-15(17)16(12-14)18(22)25-21(6-2)9-7-8-10-21;1-5-19(3,4)18(22)23-12-17(21)24-20(6-2)15-8-13-7-14(10-15)11-16(20)9-13;1-5-18(2,3)17(21)22-11-16(20)23-19(4)14-7-12-6-13(9-14)10-15(19)8-12;;;;;;/h14-17H,5-13H2,1-4H3;13-16H,5-12H2,1-4H3;12-15H,5-11H2,1-4H3;6*1H4. The molecule has 4 unspecified atom stereocenters. The third-order valence-electron chi connectivity index (χ3n) is 21.2. The molecule has 11 rings (SSSR count). The van der Waals surface area contributed by atoms with Crippen LogP contribution in [0.15, 0.2) is 0 Å². The van der Waals surface area contributed by atoms with Crippen LogP contribution < -0.4 is 0 Å². The van der Waals surface area contributed by atoms with Gasteiger partial charge in [-0.05, 0) is 243 Å². The Hall–Kier alpha value is -3.18. The van der Waals surface area contributed by atoms with Gasteiger partial charge in [0, 0.05) is 5.92 Å². The highest BCUT2D eigenvalue weighted by Gasteiger charge is 2.60. The molecule has 0 saturated heterocycles. The molecule has 0 aromatic rings. The van der Waals surface area contributed by atoms with Crippen molar-refractivity contribution in [3.63, 3.8) is 0 Å². The van der Waals surface area contributed by atoms with Gasteiger partial charge in [0.2, 0.25) is 0 Å². The molecule has 11 fully saturated rings. The van der Waals surface area contributed by atoms with Gasteiger partial charge in [0.05, 0.1) is 22.2 Å². The van der Waals surface area contributed by atoms with Crippen molar-refractivity contribution in [1.82, 2.24) is 0 Å². The monoisotopic (exact) mass is 1100 g/mol. The van der Waals surface area contributed by atoms with Gasteiger partial charge in [-0.2, -0.15) is 0 Å². The number of hydrogen-bond donors (Lipinski definition) is 0. The van der Waals surface area contributed by atoms with Crippen LogP contribution in [0.4, 0.5) is 0 Å². The van der Waals surface area contributed by atoms with Crippen molar-refractivity contribution < 1.29 is 57.2 Å². The van der Waals surface area contributed by atoms with E-state index in [-0.39, 0.29) is 128 Å². The molecular formula is C66H120O12. The van der Waals surface area contributed by atoms with Gasteiger partial charge in [-0.3, -0.25) is 19.2 Å². The predicted octanol–water partition coefficient (Wildman–Crippen LogP) is 16.3. The minimum absolute atomic E-state index is 0. The van der Waals surface area contributed by atoms with Crippen molar-refractivity contribution in [2.24, 2.45) is 81.3 Å². The summed E-state index contributed by atoms with van der Waals surface area (Å²) in [5, 5.41) is 0. The molecule has 4 atom stereocenters. The normalized spacial score (nSPS) is 33.5. The van der Waals surface area contributed by atoms with E-state index in [1.54, 1.807) is 0 Å². The fourth-order valence-electron chi connectivity index (χ4n) is 15.5. The number of rotatable bonds is 17. The van der Waals surface area contributed by atoms with E-state index < -0.39 is 16.2 Å². The molecule has 0 amide bonds. The van der Waals surface area contributed by atoms with E-state index in [1.807, 2.05) is 62.3 Å². The number of esters is 6. The quantitative estimate of drug-likeness (QED) is 0.100. The predicted molar refractivity (Wildman–Crippen MR) is 314 cm³/mol. The smallest absolute Gasteiger partial charge is 0.344 e. The molecular weight excluding hydrogens is 985 g/mol. The van der Waals surface area contributed by atoms with Crippen LogP contribution in [0.25, 0.3) is 0 Å². The molecule has 12 nitrogen and oxygen atoms in total. The molecule has 0 aromatic heterocycles. The number of carbonyl (C=O) groups is 6. The lowest BCUT2D eigenvalue weighted by Gasteiger charge is -2.60. The highest BCUT2D eigenvalue weighted by atomic mass is 16.6. The number of carbonyl (C=O) groups excluding carboxylic acids is 6. The zero-order valence-electron chi connectivity index (χ0n) is 46.8. The van der Waals surface area contributed by atoms with E-state index in [9.17, 15) is 28.8 Å². The first kappa shape index (κ1) is 72.8. The summed E-state index contributed by atoms with van der Waals surface area (Å²) < 4.78 is 34.3. The average Bonchev–Trinajstić information content (AvgIpc) is 4.10. The summed E-state index contributed by atoms with van der Waals surface area (Å²) in [5.41, 5.74) is -2.43. The summed E-state index contributed by atoms with van der Waals surface area (Å²) in [7, 11) is 0. The van der Waals surface area contributed by atoms with Gasteiger partial charge in [0.25, 0.3) is 0 Å². The zero-order chi connectivity index (χ0) is 52.6. The van der Waals surface area contributed by atoms with Crippen LogP contribution in [0, 0.1) is 81.3 Å². The Morgan fingerprint density at radius 1 is 0.449 bits per heavy atom. The average molecular weight is 1110 g/mol. The Kier molecular flexibility index (Phi) is 26.8. The Morgan fingerprint density at radius 2 is 0.833 bits per heavy atom. The summed E-state index contributed by atoms with van der Waals surface area (Å²) >= 11 is 0. The lowest BCUT2D eigenvalue weighted by Crippen LogP contribution is -2.59. The Morgan fingerprint density at radius 3 is 1.22 bits per heavy atom. The van der Waals surface area contributed by atoms with Crippen molar-refractivity contribution >= 4 is 35.8 Å². The third kappa shape index (κ3) is 15.5. The molecule has 456 valence electrons. The van der Waals surface area contributed by atoms with Crippen LogP contribution in [0.5, 0.6) is 0 Å². The maximum atomic E-state index is 12.9. The van der Waals surface area contributed by atoms with Gasteiger partial charge in [0.15, 0.2) is 13.2 Å². The highest BCUT2D eigenvalue weighted by molar-refractivity contribution is 5.81. The number of hydrogen-bond acceptors (Lipinski definition) is 12. The maximum absolute atomic E-state index is 12.9. The van der Waals surface area contributed by atoms with E-state index in [0.29, 0.717) is 42.4 Å². The number of ether oxygens (including phenoxy) is 6. The molecule has 0 heterocycles. The van der Waals surface area contributed by atoms with Gasteiger partial charge >= 0.3 is 35.8 Å². The fraction of sp³-hybridized carbons (Fsp3) is 0.909. The fourth-order valence-corrected chi connectivity index (χ4v) is 15.5. The second-order valence-electron chi connectivity index (χ2n) is 26.9. The van der Waals surface area contributed by atoms with Gasteiger partial charge in [-0.25, -0.2) is 9.59 Å². The van der Waals surface area contributed by atoms with Crippen LogP contribution in [-0.2, 0) is 57.2 Å². The molecule has 11 saturated carbocycles. The molecule has 0 aliphatic heterocycles. The second kappa shape index (κ2) is 28.7. The molecule has 0 radical (unpaired) electrons. The molecule has 12 heteroatoms. The van der Waals surface area contributed by atoms with E-state index in [2.05, 4.69) is 20.8 Å². The lowest BCUT2D eigenvalue weighted by molar-refractivity contribution is -0.214. The summed E-state index contributed by atoms with van der Waals surface area (Å²) in [6, 6.07) is 0. The highest BCUT2D eigenvalue weighted by Crippen LogP contribution is 2.61. The first-order chi connectivity index (χ1) is 33.8. The summed E-state index contributed by atoms with van der Waals surface area (Å²) in [4.78, 5) is 74.0. The van der Waals surface area contributed by atoms with Gasteiger partial charge in [0.1, 0.15) is 22.9 Å². The minimum Gasteiger partial charge on any atom is -0.462 e. The van der Waals surface area contributed by atoms with Crippen LogP contribution >= 0.6 is 0 Å². The minimum atomic E-state index is -0.550. The molecule has 0 spiro atoms. The van der Waals surface area contributed by atoms with Gasteiger partial charge in [-0.1, -0.05) is 79.2 Å². The van der Waals surface area contributed by atoms with Crippen LogP contribution in [-0.4, -0.2) is 71.9 Å². The summed E-state index contributed by atoms with van der Waals surface area (Å²) in [6.07, 6.45) is 23.3. The number of fused-ring (bicyclic) bond motifs is 2. The van der Waals surface area contributed by atoms with Crippen molar-refractivity contribution in [1.29, 1.82) is 0 Å². The van der Waals surface area contributed by atoms with E-state index >= 15 is 0 Å². The van der Waals surface area contributed by atoms with E-state index in [1.165, 1.54) is 64.2 Å². The summed E-state index contributed by atoms with van der Waals surface area (Å²) in [6.45, 7) is 23.0. The molecule has 0 N–H and O–H groups in total. The Balaban J connectivity index is 0.000000564. The van der Waals surface area contributed by atoms with Gasteiger partial charge < -0.3 is 28.4 Å². The third-order valence-corrected chi connectivity index (χ3v) is 21.2. The molecule has 11 aliphatic rings. The first-order valence-electron chi connectivity index (χ1n) is 29.1. The second-order valence-corrected chi connectivity index (χ2v) is 26.9. The van der Waals surface area contributed by atoms with Crippen LogP contribution in [0.1, 0.15) is 269 Å².